The van der Waals surface area contributed by atoms with Crippen LogP contribution in [-0.2, 0) is 24.3 Å². The lowest BCUT2D eigenvalue weighted by Crippen LogP contribution is -2.39. The average molecular weight is 355 g/mol. The fourth-order valence-electron chi connectivity index (χ4n) is 4.05. The fourth-order valence-corrected chi connectivity index (χ4v) is 4.05. The Balaban J connectivity index is 1.41. The number of amides is 1. The molecule has 2 aromatic heterocycles. The molecule has 1 fully saturated rings. The lowest BCUT2D eigenvalue weighted by molar-refractivity contribution is -0.125. The van der Waals surface area contributed by atoms with Gasteiger partial charge in [-0.25, -0.2) is 9.48 Å². The molecule has 4 rings (SSSR count). The van der Waals surface area contributed by atoms with E-state index in [0.29, 0.717) is 19.5 Å². The first-order chi connectivity index (χ1) is 12.7. The number of fused-ring (bicyclic) bond motifs is 1. The molecule has 26 heavy (non-hydrogen) atoms. The molecule has 2 aromatic rings. The standard InChI is InChI=1S/C19H25N5O2/c25-18(15-5-1-2-6-15)21-16-7-8-17-22-24(19(26)23(17)11-9-16)13-14-4-3-10-20-12-14/h3-4,10,12,15-16H,1-2,5-9,11,13H2,(H,21,25). The predicted molar refractivity (Wildman–Crippen MR) is 96.7 cm³/mol. The van der Waals surface area contributed by atoms with Crippen molar-refractivity contribution in [2.75, 3.05) is 0 Å². The van der Waals surface area contributed by atoms with Gasteiger partial charge in [-0.05, 0) is 37.3 Å². The van der Waals surface area contributed by atoms with E-state index < -0.39 is 0 Å². The van der Waals surface area contributed by atoms with E-state index in [1.165, 1.54) is 4.68 Å². The minimum atomic E-state index is -0.0772. The molecule has 1 N–H and O–H groups in total. The summed E-state index contributed by atoms with van der Waals surface area (Å²) < 4.78 is 3.28. The molecule has 7 heteroatoms. The highest BCUT2D eigenvalue weighted by Gasteiger charge is 2.26. The molecule has 138 valence electrons. The van der Waals surface area contributed by atoms with Gasteiger partial charge in [0.25, 0.3) is 0 Å². The van der Waals surface area contributed by atoms with E-state index >= 15 is 0 Å². The summed E-state index contributed by atoms with van der Waals surface area (Å²) in [5.41, 5.74) is 0.885. The number of hydrogen-bond donors (Lipinski definition) is 1. The van der Waals surface area contributed by atoms with Crippen LogP contribution in [0.4, 0.5) is 0 Å². The zero-order valence-electron chi connectivity index (χ0n) is 14.9. The van der Waals surface area contributed by atoms with Crippen molar-refractivity contribution >= 4 is 5.91 Å². The highest BCUT2D eigenvalue weighted by Crippen LogP contribution is 2.25. The van der Waals surface area contributed by atoms with Crippen LogP contribution in [0.3, 0.4) is 0 Å². The minimum absolute atomic E-state index is 0.0772. The van der Waals surface area contributed by atoms with Crippen molar-refractivity contribution in [3.63, 3.8) is 0 Å². The Bertz CT molecular complexity index is 820. The average Bonchev–Trinajstić information content (AvgIpc) is 3.23. The second-order valence-electron chi connectivity index (χ2n) is 7.38. The molecule has 0 radical (unpaired) electrons. The van der Waals surface area contributed by atoms with Crippen molar-refractivity contribution in [2.24, 2.45) is 5.92 Å². The molecule has 0 bridgehead atoms. The van der Waals surface area contributed by atoms with Crippen LogP contribution in [0.15, 0.2) is 29.3 Å². The third-order valence-electron chi connectivity index (χ3n) is 5.54. The molecule has 1 amide bonds. The van der Waals surface area contributed by atoms with Crippen molar-refractivity contribution in [3.8, 4) is 0 Å². The van der Waals surface area contributed by atoms with Crippen molar-refractivity contribution in [1.29, 1.82) is 0 Å². The summed E-state index contributed by atoms with van der Waals surface area (Å²) in [6, 6.07) is 3.94. The molecular formula is C19H25N5O2. The molecule has 0 spiro atoms. The number of carbonyl (C=O) groups is 1. The number of carbonyl (C=O) groups excluding carboxylic acids is 1. The van der Waals surface area contributed by atoms with Gasteiger partial charge in [0.05, 0.1) is 6.54 Å². The van der Waals surface area contributed by atoms with Crippen molar-refractivity contribution in [3.05, 3.63) is 46.4 Å². The van der Waals surface area contributed by atoms with Crippen LogP contribution in [0.5, 0.6) is 0 Å². The molecule has 1 aliphatic carbocycles. The van der Waals surface area contributed by atoms with Gasteiger partial charge in [0.15, 0.2) is 0 Å². The molecule has 1 atom stereocenters. The SMILES string of the molecule is O=C(NC1CCc2nn(Cc3cccnc3)c(=O)n2CC1)C1CCCC1. The molecule has 2 aliphatic rings. The number of rotatable bonds is 4. The Kier molecular flexibility index (Phi) is 4.86. The summed E-state index contributed by atoms with van der Waals surface area (Å²) in [4.78, 5) is 29.1. The smallest absolute Gasteiger partial charge is 0.346 e. The Labute approximate surface area is 152 Å². The first kappa shape index (κ1) is 17.0. The number of pyridine rings is 1. The number of aryl methyl sites for hydroxylation is 1. The van der Waals surface area contributed by atoms with E-state index in [9.17, 15) is 9.59 Å². The molecule has 0 aromatic carbocycles. The minimum Gasteiger partial charge on any atom is -0.353 e. The monoisotopic (exact) mass is 355 g/mol. The van der Waals surface area contributed by atoms with Crippen LogP contribution in [0.1, 0.15) is 49.9 Å². The van der Waals surface area contributed by atoms with Crippen molar-refractivity contribution in [2.45, 2.75) is 64.1 Å². The number of nitrogens with one attached hydrogen (secondary N) is 1. The maximum Gasteiger partial charge on any atom is 0.346 e. The molecule has 1 aliphatic heterocycles. The quantitative estimate of drug-likeness (QED) is 0.901. The summed E-state index contributed by atoms with van der Waals surface area (Å²) in [5, 5.41) is 7.73. The largest absolute Gasteiger partial charge is 0.353 e. The Morgan fingerprint density at radius 2 is 2.08 bits per heavy atom. The van der Waals surface area contributed by atoms with Gasteiger partial charge in [-0.15, -0.1) is 0 Å². The Hall–Kier alpha value is -2.44. The van der Waals surface area contributed by atoms with E-state index in [1.54, 1.807) is 17.0 Å². The van der Waals surface area contributed by atoms with Gasteiger partial charge in [0.1, 0.15) is 5.82 Å². The summed E-state index contributed by atoms with van der Waals surface area (Å²) in [6.45, 7) is 1.05. The summed E-state index contributed by atoms with van der Waals surface area (Å²) in [6.07, 6.45) is 10.2. The predicted octanol–water partition coefficient (Wildman–Crippen LogP) is 1.50. The van der Waals surface area contributed by atoms with Gasteiger partial charge in [0, 0.05) is 37.3 Å². The second kappa shape index (κ2) is 7.43. The van der Waals surface area contributed by atoms with Crippen LogP contribution in [0, 0.1) is 5.92 Å². The van der Waals surface area contributed by atoms with Crippen LogP contribution >= 0.6 is 0 Å². The second-order valence-corrected chi connectivity index (χ2v) is 7.38. The van der Waals surface area contributed by atoms with Crippen LogP contribution in [-0.4, -0.2) is 31.3 Å². The number of nitrogens with zero attached hydrogens (tertiary/aromatic N) is 4. The summed E-state index contributed by atoms with van der Waals surface area (Å²) in [7, 11) is 0. The topological polar surface area (TPSA) is 81.8 Å². The number of aromatic nitrogens is 4. The van der Waals surface area contributed by atoms with Gasteiger partial charge in [-0.2, -0.15) is 5.10 Å². The Morgan fingerprint density at radius 3 is 2.85 bits per heavy atom. The van der Waals surface area contributed by atoms with Gasteiger partial charge in [-0.1, -0.05) is 18.9 Å². The van der Waals surface area contributed by atoms with Crippen LogP contribution < -0.4 is 11.0 Å². The third kappa shape index (κ3) is 3.57. The van der Waals surface area contributed by atoms with E-state index in [0.717, 1.165) is 49.9 Å². The molecular weight excluding hydrogens is 330 g/mol. The number of hydrogen-bond acceptors (Lipinski definition) is 4. The van der Waals surface area contributed by atoms with Crippen molar-refractivity contribution < 1.29 is 4.79 Å². The Morgan fingerprint density at radius 1 is 1.23 bits per heavy atom. The van der Waals surface area contributed by atoms with E-state index in [1.807, 2.05) is 12.1 Å². The summed E-state index contributed by atoms with van der Waals surface area (Å²) in [5.74, 6) is 1.20. The van der Waals surface area contributed by atoms with Crippen molar-refractivity contribution in [1.82, 2.24) is 24.6 Å². The fraction of sp³-hybridized carbons (Fsp3) is 0.579. The zero-order chi connectivity index (χ0) is 17.9. The first-order valence-corrected chi connectivity index (χ1v) is 9.56. The van der Waals surface area contributed by atoms with Gasteiger partial charge >= 0.3 is 5.69 Å². The summed E-state index contributed by atoms with van der Waals surface area (Å²) >= 11 is 0. The van der Waals surface area contributed by atoms with Crippen LogP contribution in [0.2, 0.25) is 0 Å². The third-order valence-corrected chi connectivity index (χ3v) is 5.54. The van der Waals surface area contributed by atoms with Crippen LogP contribution in [0.25, 0.3) is 0 Å². The maximum absolute atomic E-state index is 12.7. The van der Waals surface area contributed by atoms with E-state index in [-0.39, 0.29) is 23.6 Å². The molecule has 3 heterocycles. The lowest BCUT2D eigenvalue weighted by atomic mass is 10.0. The highest BCUT2D eigenvalue weighted by atomic mass is 16.2. The highest BCUT2D eigenvalue weighted by molar-refractivity contribution is 5.79. The molecule has 0 saturated heterocycles. The van der Waals surface area contributed by atoms with E-state index in [2.05, 4.69) is 15.4 Å². The molecule has 1 saturated carbocycles. The zero-order valence-corrected chi connectivity index (χ0v) is 14.9. The first-order valence-electron chi connectivity index (χ1n) is 9.56. The normalized spacial score (nSPS) is 20.5. The lowest BCUT2D eigenvalue weighted by Gasteiger charge is -2.18. The molecule has 1 unspecified atom stereocenters. The van der Waals surface area contributed by atoms with E-state index in [4.69, 9.17) is 0 Å². The van der Waals surface area contributed by atoms with Gasteiger partial charge in [0.2, 0.25) is 5.91 Å². The van der Waals surface area contributed by atoms with Gasteiger partial charge in [-0.3, -0.25) is 14.3 Å². The molecule has 7 nitrogen and oxygen atoms in total. The van der Waals surface area contributed by atoms with Gasteiger partial charge < -0.3 is 5.32 Å². The maximum atomic E-state index is 12.7.